The van der Waals surface area contributed by atoms with Gasteiger partial charge in [0, 0.05) is 17.9 Å². The molecule has 0 spiro atoms. The van der Waals surface area contributed by atoms with Crippen molar-refractivity contribution in [3.63, 3.8) is 0 Å². The Morgan fingerprint density at radius 3 is 2.46 bits per heavy atom. The number of carbonyl (C=O) groups is 2. The van der Waals surface area contributed by atoms with Gasteiger partial charge in [0.1, 0.15) is 0 Å². The van der Waals surface area contributed by atoms with Crippen LogP contribution in [0, 0.1) is 0 Å². The van der Waals surface area contributed by atoms with Crippen LogP contribution in [-0.2, 0) is 16.0 Å². The molecule has 6 nitrogen and oxygen atoms in total. The summed E-state index contributed by atoms with van der Waals surface area (Å²) in [5.74, 6) is -1.00. The molecule has 0 aliphatic carbocycles. The molecule has 0 unspecified atom stereocenters. The van der Waals surface area contributed by atoms with Crippen LogP contribution >= 0.6 is 0 Å². The molecule has 0 saturated heterocycles. The van der Waals surface area contributed by atoms with Crippen LogP contribution in [0.1, 0.15) is 29.8 Å². The van der Waals surface area contributed by atoms with E-state index in [4.69, 9.17) is 9.84 Å². The van der Waals surface area contributed by atoms with E-state index in [9.17, 15) is 9.59 Å². The summed E-state index contributed by atoms with van der Waals surface area (Å²) in [4.78, 5) is 24.6. The predicted octanol–water partition coefficient (Wildman–Crippen LogP) is 2.84. The van der Waals surface area contributed by atoms with Gasteiger partial charge in [-0.25, -0.2) is 4.79 Å². The second-order valence-electron chi connectivity index (χ2n) is 5.78. The third kappa shape index (κ3) is 5.32. The van der Waals surface area contributed by atoms with Gasteiger partial charge in [0.25, 0.3) is 5.91 Å². The summed E-state index contributed by atoms with van der Waals surface area (Å²) in [5.41, 5.74) is 2.69. The Morgan fingerprint density at radius 2 is 1.81 bits per heavy atom. The molecule has 3 N–H and O–H groups in total. The lowest BCUT2D eigenvalue weighted by atomic mass is 10.1. The molecule has 0 heterocycles. The molecule has 0 radical (unpaired) electrons. The van der Waals surface area contributed by atoms with E-state index >= 15 is 0 Å². The summed E-state index contributed by atoms with van der Waals surface area (Å²) < 4.78 is 5.28. The van der Waals surface area contributed by atoms with Gasteiger partial charge < -0.3 is 20.5 Å². The first-order valence-corrected chi connectivity index (χ1v) is 8.59. The fourth-order valence-corrected chi connectivity index (χ4v) is 2.35. The van der Waals surface area contributed by atoms with Gasteiger partial charge in [-0.1, -0.05) is 31.2 Å². The van der Waals surface area contributed by atoms with Crippen molar-refractivity contribution in [2.24, 2.45) is 0 Å². The lowest BCUT2D eigenvalue weighted by Crippen LogP contribution is -2.30. The average Bonchev–Trinajstić information content (AvgIpc) is 2.67. The van der Waals surface area contributed by atoms with Crippen molar-refractivity contribution in [1.82, 2.24) is 0 Å². The van der Waals surface area contributed by atoms with Gasteiger partial charge in [0.2, 0.25) is 0 Å². The first-order valence-electron chi connectivity index (χ1n) is 8.59. The van der Waals surface area contributed by atoms with Gasteiger partial charge in [-0.15, -0.1) is 0 Å². The van der Waals surface area contributed by atoms with Crippen LogP contribution in [0.15, 0.2) is 48.5 Å². The molecule has 2 aromatic carbocycles. The summed E-state index contributed by atoms with van der Waals surface area (Å²) >= 11 is 0. The Hall–Kier alpha value is -2.86. The van der Waals surface area contributed by atoms with E-state index in [1.54, 1.807) is 24.3 Å². The number of rotatable bonds is 8. The predicted molar refractivity (Wildman–Crippen MR) is 101 cm³/mol. The third-order valence-electron chi connectivity index (χ3n) is 3.86. The second kappa shape index (κ2) is 9.58. The average molecular weight is 356 g/mol. The SMILES string of the molecule is CCc1ccc(NC(=O)[C@H](C)OC(=O)c2ccccc2NCCO)cc1. The number of aliphatic hydroxyl groups is 1. The topological polar surface area (TPSA) is 87.7 Å². The molecule has 0 fully saturated rings. The van der Waals surface area contributed by atoms with Crippen LogP contribution in [0.4, 0.5) is 11.4 Å². The van der Waals surface area contributed by atoms with E-state index in [2.05, 4.69) is 17.6 Å². The van der Waals surface area contributed by atoms with Crippen LogP contribution < -0.4 is 10.6 Å². The van der Waals surface area contributed by atoms with Crippen molar-refractivity contribution in [1.29, 1.82) is 0 Å². The van der Waals surface area contributed by atoms with E-state index in [1.807, 2.05) is 24.3 Å². The van der Waals surface area contributed by atoms with Gasteiger partial charge >= 0.3 is 5.97 Å². The number of ether oxygens (including phenoxy) is 1. The summed E-state index contributed by atoms with van der Waals surface area (Å²) in [6, 6.07) is 14.3. The maximum atomic E-state index is 12.4. The quantitative estimate of drug-likeness (QED) is 0.633. The van der Waals surface area contributed by atoms with E-state index in [0.717, 1.165) is 6.42 Å². The Labute approximate surface area is 153 Å². The number of amides is 1. The highest BCUT2D eigenvalue weighted by molar-refractivity contribution is 5.99. The second-order valence-corrected chi connectivity index (χ2v) is 5.78. The molecule has 0 aromatic heterocycles. The highest BCUT2D eigenvalue weighted by atomic mass is 16.5. The van der Waals surface area contributed by atoms with Gasteiger partial charge in [-0.2, -0.15) is 0 Å². The fraction of sp³-hybridized carbons (Fsp3) is 0.300. The first kappa shape index (κ1) is 19.5. The number of hydrogen-bond donors (Lipinski definition) is 3. The Morgan fingerprint density at radius 1 is 1.12 bits per heavy atom. The minimum atomic E-state index is -0.945. The molecule has 6 heteroatoms. The van der Waals surface area contributed by atoms with E-state index in [-0.39, 0.29) is 6.61 Å². The van der Waals surface area contributed by atoms with Crippen molar-refractivity contribution in [2.45, 2.75) is 26.4 Å². The monoisotopic (exact) mass is 356 g/mol. The van der Waals surface area contributed by atoms with Crippen LogP contribution in [0.5, 0.6) is 0 Å². The molecular weight excluding hydrogens is 332 g/mol. The molecule has 2 rings (SSSR count). The zero-order chi connectivity index (χ0) is 18.9. The van der Waals surface area contributed by atoms with Gasteiger partial charge in [-0.05, 0) is 43.2 Å². The maximum absolute atomic E-state index is 12.4. The Bertz CT molecular complexity index is 744. The molecule has 26 heavy (non-hydrogen) atoms. The van der Waals surface area contributed by atoms with Crippen LogP contribution in [0.3, 0.4) is 0 Å². The van der Waals surface area contributed by atoms with Crippen molar-refractivity contribution in [3.8, 4) is 0 Å². The number of anilines is 2. The smallest absolute Gasteiger partial charge is 0.341 e. The lowest BCUT2D eigenvalue weighted by molar-refractivity contribution is -0.123. The number of esters is 1. The minimum absolute atomic E-state index is 0.0565. The first-order chi connectivity index (χ1) is 12.5. The molecule has 0 aliphatic heterocycles. The molecule has 1 atom stereocenters. The zero-order valence-electron chi connectivity index (χ0n) is 15.0. The largest absolute Gasteiger partial charge is 0.449 e. The minimum Gasteiger partial charge on any atom is -0.449 e. The zero-order valence-corrected chi connectivity index (χ0v) is 15.0. The number of aryl methyl sites for hydroxylation is 1. The molecule has 138 valence electrons. The molecule has 0 bridgehead atoms. The molecule has 2 aromatic rings. The number of benzene rings is 2. The highest BCUT2D eigenvalue weighted by Gasteiger charge is 2.20. The summed E-state index contributed by atoms with van der Waals surface area (Å²) in [6.07, 6.45) is -0.0226. The van der Waals surface area contributed by atoms with Crippen molar-refractivity contribution in [3.05, 3.63) is 59.7 Å². The summed E-state index contributed by atoms with van der Waals surface area (Å²) in [5, 5.41) is 14.6. The van der Waals surface area contributed by atoms with Gasteiger partial charge in [0.05, 0.1) is 12.2 Å². The number of hydrogen-bond acceptors (Lipinski definition) is 5. The molecule has 0 saturated carbocycles. The van der Waals surface area contributed by atoms with Crippen molar-refractivity contribution >= 4 is 23.3 Å². The molecule has 1 amide bonds. The maximum Gasteiger partial charge on any atom is 0.341 e. The Balaban J connectivity index is 1.98. The fourth-order valence-electron chi connectivity index (χ4n) is 2.35. The molecule has 0 aliphatic rings. The standard InChI is InChI=1S/C20H24N2O4/c1-3-15-8-10-16(11-9-15)22-19(24)14(2)26-20(25)17-6-4-5-7-18(17)21-12-13-23/h4-11,14,21,23H,3,12-13H2,1-2H3,(H,22,24)/t14-/m0/s1. The van der Waals surface area contributed by atoms with Crippen LogP contribution in [0.25, 0.3) is 0 Å². The number of carbonyl (C=O) groups excluding carboxylic acids is 2. The number of para-hydroxylation sites is 1. The van der Waals surface area contributed by atoms with E-state index in [1.165, 1.54) is 12.5 Å². The lowest BCUT2D eigenvalue weighted by Gasteiger charge is -2.15. The Kier molecular flexibility index (Phi) is 7.17. The van der Waals surface area contributed by atoms with Gasteiger partial charge in [-0.3, -0.25) is 4.79 Å². The summed E-state index contributed by atoms with van der Waals surface area (Å²) in [6.45, 7) is 3.84. The van der Waals surface area contributed by atoms with E-state index < -0.39 is 18.0 Å². The van der Waals surface area contributed by atoms with E-state index in [0.29, 0.717) is 23.5 Å². The third-order valence-corrected chi connectivity index (χ3v) is 3.86. The normalized spacial score (nSPS) is 11.5. The number of aliphatic hydroxyl groups excluding tert-OH is 1. The van der Waals surface area contributed by atoms with Gasteiger partial charge in [0.15, 0.2) is 6.10 Å². The van der Waals surface area contributed by atoms with Crippen LogP contribution in [0.2, 0.25) is 0 Å². The summed E-state index contributed by atoms with van der Waals surface area (Å²) in [7, 11) is 0. The van der Waals surface area contributed by atoms with Crippen molar-refractivity contribution in [2.75, 3.05) is 23.8 Å². The number of nitrogens with one attached hydrogen (secondary N) is 2. The highest BCUT2D eigenvalue weighted by Crippen LogP contribution is 2.17. The molecular formula is C20H24N2O4. The van der Waals surface area contributed by atoms with Crippen LogP contribution in [-0.4, -0.2) is 36.2 Å². The van der Waals surface area contributed by atoms with Crippen molar-refractivity contribution < 1.29 is 19.4 Å².